The Morgan fingerprint density at radius 2 is 1.88 bits per heavy atom. The van der Waals surface area contributed by atoms with Gasteiger partial charge in [-0.3, -0.25) is 4.79 Å². The number of ether oxygens (including phenoxy) is 1. The highest BCUT2D eigenvalue weighted by atomic mass is 19.4. The van der Waals surface area contributed by atoms with Gasteiger partial charge in [-0.1, -0.05) is 24.3 Å². The van der Waals surface area contributed by atoms with Crippen molar-refractivity contribution in [2.24, 2.45) is 0 Å². The molecule has 10 heteroatoms. The quantitative estimate of drug-likeness (QED) is 0.209. The summed E-state index contributed by atoms with van der Waals surface area (Å²) in [6, 6.07) is 11.1. The van der Waals surface area contributed by atoms with Gasteiger partial charge in [0.05, 0.1) is 5.56 Å². The van der Waals surface area contributed by atoms with Gasteiger partial charge in [-0.05, 0) is 46.9 Å². The van der Waals surface area contributed by atoms with Crippen molar-refractivity contribution < 1.29 is 27.6 Å². The first-order chi connectivity index (χ1) is 15.2. The van der Waals surface area contributed by atoms with E-state index in [1.54, 1.807) is 19.1 Å². The predicted molar refractivity (Wildman–Crippen MR) is 110 cm³/mol. The van der Waals surface area contributed by atoms with Crippen LogP contribution in [-0.2, 0) is 12.7 Å². The summed E-state index contributed by atoms with van der Waals surface area (Å²) in [4.78, 5) is 26.7. The number of benzene rings is 2. The van der Waals surface area contributed by atoms with Crippen molar-refractivity contribution in [3.63, 3.8) is 0 Å². The number of rotatable bonds is 8. The fourth-order valence-electron chi connectivity index (χ4n) is 3.01. The monoisotopic (exact) mass is 445 g/mol. The van der Waals surface area contributed by atoms with Crippen LogP contribution in [0.3, 0.4) is 0 Å². The van der Waals surface area contributed by atoms with Crippen LogP contribution in [0.2, 0.25) is 0 Å². The van der Waals surface area contributed by atoms with Crippen LogP contribution in [0.15, 0.2) is 60.8 Å². The SMILES string of the molecule is Cc1ncc([N+](=O)[O-])n1CCOc1ccc(C(=O)/C=C/c2ccccc2C(F)(F)F)cc1. The van der Waals surface area contributed by atoms with E-state index in [-0.39, 0.29) is 30.1 Å². The molecular formula is C22H18F3N3O4. The Labute approximate surface area is 180 Å². The number of hydrogen-bond donors (Lipinski definition) is 0. The summed E-state index contributed by atoms with van der Waals surface area (Å²) in [7, 11) is 0. The number of alkyl halides is 3. The van der Waals surface area contributed by atoms with Gasteiger partial charge in [-0.15, -0.1) is 0 Å². The van der Waals surface area contributed by atoms with Crippen LogP contribution >= 0.6 is 0 Å². The summed E-state index contributed by atoms with van der Waals surface area (Å²) in [5, 5.41) is 11.0. The predicted octanol–water partition coefficient (Wildman–Crippen LogP) is 5.09. The number of carbonyl (C=O) groups excluding carboxylic acids is 1. The molecule has 7 nitrogen and oxygen atoms in total. The van der Waals surface area contributed by atoms with Crippen LogP contribution in [0.5, 0.6) is 5.75 Å². The molecule has 1 heterocycles. The fraction of sp³-hybridized carbons (Fsp3) is 0.182. The van der Waals surface area contributed by atoms with Crippen LogP contribution in [0.1, 0.15) is 27.3 Å². The molecule has 0 N–H and O–H groups in total. The van der Waals surface area contributed by atoms with Gasteiger partial charge in [0.1, 0.15) is 25.1 Å². The number of carbonyl (C=O) groups is 1. The van der Waals surface area contributed by atoms with Crippen LogP contribution < -0.4 is 4.74 Å². The lowest BCUT2D eigenvalue weighted by Crippen LogP contribution is -2.11. The summed E-state index contributed by atoms with van der Waals surface area (Å²) in [6.07, 6.45) is -1.12. The topological polar surface area (TPSA) is 87.3 Å². The van der Waals surface area contributed by atoms with E-state index in [4.69, 9.17) is 4.74 Å². The molecule has 3 rings (SSSR count). The van der Waals surface area contributed by atoms with Crippen molar-refractivity contribution in [2.45, 2.75) is 19.6 Å². The highest BCUT2D eigenvalue weighted by Gasteiger charge is 2.32. The summed E-state index contributed by atoms with van der Waals surface area (Å²) in [5.41, 5.74) is -0.641. The van der Waals surface area contributed by atoms with E-state index in [0.29, 0.717) is 11.6 Å². The molecule has 0 spiro atoms. The Kier molecular flexibility index (Phi) is 6.72. The first-order valence-corrected chi connectivity index (χ1v) is 9.45. The van der Waals surface area contributed by atoms with Gasteiger partial charge in [-0.2, -0.15) is 13.2 Å². The van der Waals surface area contributed by atoms with Gasteiger partial charge in [0.25, 0.3) is 0 Å². The third kappa shape index (κ3) is 5.39. The average Bonchev–Trinajstić information content (AvgIpc) is 3.13. The second-order valence-corrected chi connectivity index (χ2v) is 6.73. The van der Waals surface area contributed by atoms with Crippen molar-refractivity contribution >= 4 is 17.7 Å². The Bertz CT molecular complexity index is 1150. The first-order valence-electron chi connectivity index (χ1n) is 9.45. The standard InChI is InChI=1S/C22H18F3N3O4/c1-15-26-14-21(28(30)31)27(15)12-13-32-18-9-6-17(7-10-18)20(29)11-8-16-4-2-3-5-19(16)22(23,24)25/h2-11,14H,12-13H2,1H3/b11-8+. The van der Waals surface area contributed by atoms with E-state index in [0.717, 1.165) is 18.2 Å². The molecule has 0 aliphatic heterocycles. The van der Waals surface area contributed by atoms with Gasteiger partial charge in [0, 0.05) is 12.5 Å². The third-order valence-electron chi connectivity index (χ3n) is 4.62. The molecule has 3 aromatic rings. The molecule has 0 saturated carbocycles. The maximum absolute atomic E-state index is 13.0. The maximum Gasteiger partial charge on any atom is 0.416 e. The van der Waals surface area contributed by atoms with Crippen LogP contribution in [0.25, 0.3) is 6.08 Å². The molecule has 0 amide bonds. The average molecular weight is 445 g/mol. The minimum Gasteiger partial charge on any atom is -0.489 e. The number of aromatic nitrogens is 2. The number of hydrogen-bond acceptors (Lipinski definition) is 5. The van der Waals surface area contributed by atoms with Gasteiger partial charge in [0.15, 0.2) is 11.6 Å². The molecule has 0 radical (unpaired) electrons. The Hall–Kier alpha value is -3.95. The highest BCUT2D eigenvalue weighted by molar-refractivity contribution is 6.06. The van der Waals surface area contributed by atoms with E-state index in [9.17, 15) is 28.1 Å². The summed E-state index contributed by atoms with van der Waals surface area (Å²) < 4.78 is 46.1. The van der Waals surface area contributed by atoms with E-state index in [1.165, 1.54) is 41.1 Å². The van der Waals surface area contributed by atoms with Crippen molar-refractivity contribution in [2.75, 3.05) is 6.61 Å². The van der Waals surface area contributed by atoms with Gasteiger partial charge < -0.3 is 14.9 Å². The number of nitro groups is 1. The molecule has 0 atom stereocenters. The minimum absolute atomic E-state index is 0.0998. The van der Waals surface area contributed by atoms with Gasteiger partial charge >= 0.3 is 12.0 Å². The Balaban J connectivity index is 1.61. The number of nitrogens with zero attached hydrogens (tertiary/aromatic N) is 3. The minimum atomic E-state index is -4.52. The second kappa shape index (κ2) is 9.46. The van der Waals surface area contributed by atoms with E-state index >= 15 is 0 Å². The molecule has 0 aliphatic rings. The van der Waals surface area contributed by atoms with Crippen LogP contribution in [0.4, 0.5) is 19.0 Å². The number of allylic oxidation sites excluding steroid dienone is 1. The molecule has 0 aliphatic carbocycles. The zero-order chi connectivity index (χ0) is 23.3. The number of aryl methyl sites for hydroxylation is 1. The smallest absolute Gasteiger partial charge is 0.416 e. The van der Waals surface area contributed by atoms with Crippen LogP contribution in [0, 0.1) is 17.0 Å². The Morgan fingerprint density at radius 1 is 1.19 bits per heavy atom. The lowest BCUT2D eigenvalue weighted by atomic mass is 10.0. The molecule has 2 aromatic carbocycles. The lowest BCUT2D eigenvalue weighted by molar-refractivity contribution is -0.392. The van der Waals surface area contributed by atoms with Gasteiger partial charge in [0.2, 0.25) is 0 Å². The largest absolute Gasteiger partial charge is 0.489 e. The molecule has 0 saturated heterocycles. The molecule has 166 valence electrons. The van der Waals surface area contributed by atoms with E-state index < -0.39 is 22.4 Å². The van der Waals surface area contributed by atoms with Crippen molar-refractivity contribution in [1.29, 1.82) is 0 Å². The summed E-state index contributed by atoms with van der Waals surface area (Å²) in [5.74, 6) is 0.331. The highest BCUT2D eigenvalue weighted by Crippen LogP contribution is 2.32. The Morgan fingerprint density at radius 3 is 2.53 bits per heavy atom. The normalized spacial score (nSPS) is 11.6. The van der Waals surface area contributed by atoms with Gasteiger partial charge in [-0.25, -0.2) is 9.55 Å². The van der Waals surface area contributed by atoms with Crippen molar-refractivity contribution in [3.05, 3.63) is 93.4 Å². The zero-order valence-electron chi connectivity index (χ0n) is 16.9. The zero-order valence-corrected chi connectivity index (χ0v) is 16.9. The van der Waals surface area contributed by atoms with E-state index in [1.807, 2.05) is 0 Å². The van der Waals surface area contributed by atoms with Crippen molar-refractivity contribution in [1.82, 2.24) is 9.55 Å². The molecule has 0 unspecified atom stereocenters. The molecule has 0 fully saturated rings. The molecule has 1 aromatic heterocycles. The molecule has 0 bridgehead atoms. The van der Waals surface area contributed by atoms with E-state index in [2.05, 4.69) is 4.98 Å². The molecule has 32 heavy (non-hydrogen) atoms. The third-order valence-corrected chi connectivity index (χ3v) is 4.62. The molecular weight excluding hydrogens is 427 g/mol. The number of imidazole rings is 1. The van der Waals surface area contributed by atoms with Crippen LogP contribution in [-0.4, -0.2) is 26.9 Å². The second-order valence-electron chi connectivity index (χ2n) is 6.73. The summed E-state index contributed by atoms with van der Waals surface area (Å²) in [6.45, 7) is 2.00. The number of ketones is 1. The first kappa shape index (κ1) is 22.7. The maximum atomic E-state index is 13.0. The van der Waals surface area contributed by atoms with Crippen molar-refractivity contribution in [3.8, 4) is 5.75 Å². The fourth-order valence-corrected chi connectivity index (χ4v) is 3.01. The summed E-state index contributed by atoms with van der Waals surface area (Å²) >= 11 is 0. The lowest BCUT2D eigenvalue weighted by Gasteiger charge is -2.09. The number of halogens is 3.